The molecule has 0 bridgehead atoms. The van der Waals surface area contributed by atoms with E-state index in [1.54, 1.807) is 13.3 Å². The molecule has 1 N–H and O–H groups in total. The molecule has 0 saturated heterocycles. The predicted molar refractivity (Wildman–Crippen MR) is 113 cm³/mol. The van der Waals surface area contributed by atoms with E-state index < -0.39 is 0 Å². The van der Waals surface area contributed by atoms with E-state index in [4.69, 9.17) is 9.47 Å². The fourth-order valence-corrected chi connectivity index (χ4v) is 3.02. The average Bonchev–Trinajstić information content (AvgIpc) is 2.68. The van der Waals surface area contributed by atoms with Crippen LogP contribution in [0.4, 0.5) is 0 Å². The topological polar surface area (TPSA) is 59.9 Å². The molecule has 1 amide bonds. The second kappa shape index (κ2) is 8.57. The molecule has 3 rings (SSSR count). The molecule has 3 aromatic rings. The maximum absolute atomic E-state index is 12.7. The van der Waals surface area contributed by atoms with Gasteiger partial charge in [0.2, 0.25) is 0 Å². The van der Waals surface area contributed by atoms with Crippen LogP contribution in [-0.4, -0.2) is 25.3 Å². The second-order valence-corrected chi connectivity index (χ2v) is 6.75. The number of hydrogen-bond acceptors (Lipinski definition) is 4. The molecule has 0 fully saturated rings. The smallest absolute Gasteiger partial charge is 0.272 e. The number of carbonyl (C=O) groups is 1. The molecule has 0 saturated carbocycles. The highest BCUT2D eigenvalue weighted by molar-refractivity contribution is 6.08. The fourth-order valence-electron chi connectivity index (χ4n) is 3.02. The van der Waals surface area contributed by atoms with E-state index >= 15 is 0 Å². The van der Waals surface area contributed by atoms with Crippen molar-refractivity contribution in [2.45, 2.75) is 26.9 Å². The van der Waals surface area contributed by atoms with Crippen LogP contribution >= 0.6 is 0 Å². The first-order valence-electron chi connectivity index (χ1n) is 9.16. The maximum atomic E-state index is 12.7. The zero-order valence-electron chi connectivity index (χ0n) is 16.5. The number of ether oxygens (including phenoxy) is 2. The fraction of sp³-hybridized carbons (Fsp3) is 0.217. The summed E-state index contributed by atoms with van der Waals surface area (Å²) in [5.41, 5.74) is 4.96. The highest BCUT2D eigenvalue weighted by Crippen LogP contribution is 2.28. The van der Waals surface area contributed by atoms with Crippen molar-refractivity contribution in [1.29, 1.82) is 0 Å². The lowest BCUT2D eigenvalue weighted by Gasteiger charge is -2.13. The molecule has 144 valence electrons. The van der Waals surface area contributed by atoms with E-state index in [-0.39, 0.29) is 12.0 Å². The molecule has 0 aliphatic rings. The van der Waals surface area contributed by atoms with E-state index in [1.807, 2.05) is 75.4 Å². The zero-order chi connectivity index (χ0) is 20.1. The minimum absolute atomic E-state index is 0.0524. The van der Waals surface area contributed by atoms with Crippen LogP contribution in [0.1, 0.15) is 35.3 Å². The Morgan fingerprint density at radius 1 is 1.07 bits per heavy atom. The first-order chi connectivity index (χ1) is 13.5. The molecule has 0 spiro atoms. The van der Waals surface area contributed by atoms with Gasteiger partial charge in [0.25, 0.3) is 5.91 Å². The number of hydrazone groups is 1. The Kier molecular flexibility index (Phi) is 5.94. The lowest BCUT2D eigenvalue weighted by molar-refractivity contribution is 0.0956. The van der Waals surface area contributed by atoms with Crippen LogP contribution in [-0.2, 0) is 0 Å². The van der Waals surface area contributed by atoms with Gasteiger partial charge in [0.15, 0.2) is 11.5 Å². The van der Waals surface area contributed by atoms with Crippen molar-refractivity contribution in [2.24, 2.45) is 5.10 Å². The van der Waals surface area contributed by atoms with Crippen LogP contribution in [0.5, 0.6) is 11.5 Å². The SMILES string of the molecule is COc1cc(/C=N\NC(=O)c2c(C)ccc3ccccc23)ccc1OC(C)C. The van der Waals surface area contributed by atoms with Gasteiger partial charge in [-0.2, -0.15) is 5.10 Å². The number of fused-ring (bicyclic) bond motifs is 1. The molecule has 3 aromatic carbocycles. The Balaban J connectivity index is 1.78. The van der Waals surface area contributed by atoms with E-state index in [0.717, 1.165) is 21.9 Å². The summed E-state index contributed by atoms with van der Waals surface area (Å²) in [6, 6.07) is 17.3. The third-order valence-corrected chi connectivity index (χ3v) is 4.29. The van der Waals surface area contributed by atoms with Gasteiger partial charge >= 0.3 is 0 Å². The summed E-state index contributed by atoms with van der Waals surface area (Å²) in [5, 5.41) is 6.04. The zero-order valence-corrected chi connectivity index (χ0v) is 16.5. The molecular formula is C23H24N2O3. The summed E-state index contributed by atoms with van der Waals surface area (Å²) in [7, 11) is 1.59. The van der Waals surface area contributed by atoms with Gasteiger partial charge in [-0.25, -0.2) is 5.43 Å². The monoisotopic (exact) mass is 376 g/mol. The minimum atomic E-state index is -0.239. The normalized spacial score (nSPS) is 11.2. The molecule has 0 unspecified atom stereocenters. The lowest BCUT2D eigenvalue weighted by atomic mass is 9.99. The quantitative estimate of drug-likeness (QED) is 0.501. The summed E-state index contributed by atoms with van der Waals surface area (Å²) in [5.74, 6) is 1.05. The van der Waals surface area contributed by atoms with Crippen LogP contribution < -0.4 is 14.9 Å². The highest BCUT2D eigenvalue weighted by Gasteiger charge is 2.12. The average molecular weight is 376 g/mol. The maximum Gasteiger partial charge on any atom is 0.272 e. The minimum Gasteiger partial charge on any atom is -0.493 e. The standard InChI is InChI=1S/C23H24N2O3/c1-15(2)28-20-12-10-17(13-21(20)27-4)14-24-25-23(26)22-16(3)9-11-18-7-5-6-8-19(18)22/h5-15H,1-4H3,(H,25,26)/b24-14-. The van der Waals surface area contributed by atoms with Gasteiger partial charge in [-0.15, -0.1) is 0 Å². The van der Waals surface area contributed by atoms with Gasteiger partial charge in [-0.3, -0.25) is 4.79 Å². The Morgan fingerprint density at radius 3 is 2.61 bits per heavy atom. The molecular weight excluding hydrogens is 352 g/mol. The van der Waals surface area contributed by atoms with Gasteiger partial charge in [0.1, 0.15) is 0 Å². The van der Waals surface area contributed by atoms with Gasteiger partial charge in [-0.1, -0.05) is 36.4 Å². The van der Waals surface area contributed by atoms with E-state index in [0.29, 0.717) is 17.1 Å². The molecule has 0 aliphatic heterocycles. The van der Waals surface area contributed by atoms with Crippen molar-refractivity contribution in [3.63, 3.8) is 0 Å². The highest BCUT2D eigenvalue weighted by atomic mass is 16.5. The van der Waals surface area contributed by atoms with Crippen molar-refractivity contribution < 1.29 is 14.3 Å². The Bertz CT molecular complexity index is 1030. The molecule has 5 nitrogen and oxygen atoms in total. The molecule has 0 atom stereocenters. The summed E-state index contributed by atoms with van der Waals surface area (Å²) < 4.78 is 11.1. The van der Waals surface area contributed by atoms with Crippen LogP contribution in [0.25, 0.3) is 10.8 Å². The van der Waals surface area contributed by atoms with Crippen molar-refractivity contribution in [3.8, 4) is 11.5 Å². The van der Waals surface area contributed by atoms with Crippen LogP contribution in [0.3, 0.4) is 0 Å². The number of hydrogen-bond donors (Lipinski definition) is 1. The number of methoxy groups -OCH3 is 1. The third-order valence-electron chi connectivity index (χ3n) is 4.29. The lowest BCUT2D eigenvalue weighted by Crippen LogP contribution is -2.19. The first-order valence-corrected chi connectivity index (χ1v) is 9.16. The molecule has 5 heteroatoms. The Morgan fingerprint density at radius 2 is 1.86 bits per heavy atom. The van der Waals surface area contributed by atoms with Gasteiger partial charge in [0, 0.05) is 0 Å². The van der Waals surface area contributed by atoms with Crippen LogP contribution in [0.15, 0.2) is 59.7 Å². The summed E-state index contributed by atoms with van der Waals surface area (Å²) >= 11 is 0. The number of aryl methyl sites for hydroxylation is 1. The number of carbonyl (C=O) groups excluding carboxylic acids is 1. The van der Waals surface area contributed by atoms with Crippen molar-refractivity contribution in [1.82, 2.24) is 5.43 Å². The third kappa shape index (κ3) is 4.31. The summed E-state index contributed by atoms with van der Waals surface area (Å²) in [4.78, 5) is 12.7. The second-order valence-electron chi connectivity index (χ2n) is 6.75. The first kappa shape index (κ1) is 19.4. The molecule has 28 heavy (non-hydrogen) atoms. The Labute approximate surface area is 165 Å². The number of benzene rings is 3. The van der Waals surface area contributed by atoms with Gasteiger partial charge in [-0.05, 0) is 60.9 Å². The molecule has 0 aromatic heterocycles. The molecule has 0 radical (unpaired) electrons. The number of rotatable bonds is 6. The van der Waals surface area contributed by atoms with Crippen LogP contribution in [0, 0.1) is 6.92 Å². The van der Waals surface area contributed by atoms with Crippen LogP contribution in [0.2, 0.25) is 0 Å². The summed E-state index contributed by atoms with van der Waals surface area (Å²) in [6.07, 6.45) is 1.64. The van der Waals surface area contributed by atoms with Crippen molar-refractivity contribution >= 4 is 22.9 Å². The number of nitrogens with zero attached hydrogens (tertiary/aromatic N) is 1. The summed E-state index contributed by atoms with van der Waals surface area (Å²) in [6.45, 7) is 5.84. The van der Waals surface area contributed by atoms with E-state index in [1.165, 1.54) is 0 Å². The molecule has 0 heterocycles. The van der Waals surface area contributed by atoms with E-state index in [9.17, 15) is 4.79 Å². The number of nitrogens with one attached hydrogen (secondary N) is 1. The van der Waals surface area contributed by atoms with E-state index in [2.05, 4.69) is 10.5 Å². The van der Waals surface area contributed by atoms with Gasteiger partial charge in [0.05, 0.1) is 25.0 Å². The molecule has 0 aliphatic carbocycles. The number of amides is 1. The van der Waals surface area contributed by atoms with Crippen molar-refractivity contribution in [2.75, 3.05) is 7.11 Å². The predicted octanol–water partition coefficient (Wildman–Crippen LogP) is 4.71. The van der Waals surface area contributed by atoms with Crippen molar-refractivity contribution in [3.05, 3.63) is 71.3 Å². The Hall–Kier alpha value is -3.34. The largest absolute Gasteiger partial charge is 0.493 e. The van der Waals surface area contributed by atoms with Gasteiger partial charge < -0.3 is 9.47 Å².